The van der Waals surface area contributed by atoms with Gasteiger partial charge in [0.25, 0.3) is 5.91 Å². The van der Waals surface area contributed by atoms with Crippen LogP contribution in [-0.2, 0) is 11.0 Å². The quantitative estimate of drug-likeness (QED) is 0.508. The van der Waals surface area contributed by atoms with Gasteiger partial charge in [-0.15, -0.1) is 0 Å². The predicted molar refractivity (Wildman–Crippen MR) is 72.8 cm³/mol. The normalized spacial score (nSPS) is 15.8. The molecule has 2 N–H and O–H groups in total. The second kappa shape index (κ2) is 5.72. The fourth-order valence-electron chi connectivity index (χ4n) is 1.98. The van der Waals surface area contributed by atoms with E-state index in [0.29, 0.717) is 12.8 Å². The highest BCUT2D eigenvalue weighted by Gasteiger charge is 2.33. The Labute approximate surface area is 124 Å². The number of nitriles is 1. The van der Waals surface area contributed by atoms with Crippen LogP contribution >= 0.6 is 0 Å². The zero-order valence-electron chi connectivity index (χ0n) is 11.7. The molecule has 1 saturated carbocycles. The van der Waals surface area contributed by atoms with Crippen LogP contribution in [0.1, 0.15) is 24.0 Å². The van der Waals surface area contributed by atoms with Crippen molar-refractivity contribution in [1.29, 1.82) is 5.26 Å². The van der Waals surface area contributed by atoms with Crippen LogP contribution in [0.5, 0.6) is 0 Å². The summed E-state index contributed by atoms with van der Waals surface area (Å²) in [5.41, 5.74) is -1.38. The summed E-state index contributed by atoms with van der Waals surface area (Å²) in [6.07, 6.45) is -3.16. The van der Waals surface area contributed by atoms with Gasteiger partial charge in [-0.05, 0) is 37.5 Å². The van der Waals surface area contributed by atoms with Gasteiger partial charge in [0.1, 0.15) is 11.8 Å². The van der Waals surface area contributed by atoms with Crippen molar-refractivity contribution in [3.05, 3.63) is 40.7 Å². The summed E-state index contributed by atoms with van der Waals surface area (Å²) < 4.78 is 38.5. The second-order valence-corrected chi connectivity index (χ2v) is 5.13. The van der Waals surface area contributed by atoms with Gasteiger partial charge in [-0.2, -0.15) is 18.4 Å². The molecule has 1 amide bonds. The molecule has 1 fully saturated rings. The molecular weight excluding hydrogens is 297 g/mol. The maximum absolute atomic E-state index is 12.8. The van der Waals surface area contributed by atoms with Gasteiger partial charge < -0.3 is 10.4 Å². The lowest BCUT2D eigenvalue weighted by Crippen LogP contribution is -2.17. The zero-order valence-corrected chi connectivity index (χ0v) is 11.7. The van der Waals surface area contributed by atoms with Crippen molar-refractivity contribution in [2.24, 2.45) is 5.92 Å². The first-order valence-corrected chi connectivity index (χ1v) is 6.56. The molecule has 7 heteroatoms. The molecule has 1 aliphatic carbocycles. The third-order valence-electron chi connectivity index (χ3n) is 3.36. The Balaban J connectivity index is 2.26. The predicted octanol–water partition coefficient (Wildman–Crippen LogP) is 3.70. The Hall–Kier alpha value is -2.49. The number of allylic oxidation sites excluding steroid dienone is 1. The van der Waals surface area contributed by atoms with Gasteiger partial charge in [0.15, 0.2) is 5.57 Å². The van der Waals surface area contributed by atoms with E-state index < -0.39 is 23.2 Å². The van der Waals surface area contributed by atoms with Crippen LogP contribution in [0.2, 0.25) is 0 Å². The average Bonchev–Trinajstić information content (AvgIpc) is 3.24. The minimum Gasteiger partial charge on any atom is -0.510 e. The monoisotopic (exact) mass is 310 g/mol. The summed E-state index contributed by atoms with van der Waals surface area (Å²) in [6.45, 7) is 1.31. The minimum atomic E-state index is -4.53. The number of halogens is 3. The van der Waals surface area contributed by atoms with E-state index in [1.165, 1.54) is 19.1 Å². The fourth-order valence-corrected chi connectivity index (χ4v) is 1.98. The molecule has 2 rings (SSSR count). The van der Waals surface area contributed by atoms with Crippen molar-refractivity contribution in [3.63, 3.8) is 0 Å². The van der Waals surface area contributed by atoms with Crippen LogP contribution in [0, 0.1) is 24.2 Å². The molecule has 0 aromatic heterocycles. The van der Waals surface area contributed by atoms with Crippen molar-refractivity contribution in [2.75, 3.05) is 5.32 Å². The third kappa shape index (κ3) is 3.39. The number of benzene rings is 1. The van der Waals surface area contributed by atoms with E-state index >= 15 is 0 Å². The number of rotatable bonds is 3. The molecule has 0 aliphatic heterocycles. The van der Waals surface area contributed by atoms with Gasteiger partial charge in [0.05, 0.1) is 5.56 Å². The Kier molecular flexibility index (Phi) is 4.13. The number of alkyl halides is 3. The zero-order chi connectivity index (χ0) is 16.5. The highest BCUT2D eigenvalue weighted by molar-refractivity contribution is 6.07. The average molecular weight is 310 g/mol. The number of anilines is 1. The van der Waals surface area contributed by atoms with E-state index in [1.807, 2.05) is 0 Å². The number of aryl methyl sites for hydroxylation is 1. The lowest BCUT2D eigenvalue weighted by molar-refractivity contribution is -0.138. The topological polar surface area (TPSA) is 73.1 Å². The fraction of sp³-hybridized carbons (Fsp3) is 0.333. The molecule has 0 unspecified atom stereocenters. The minimum absolute atomic E-state index is 0.0300. The van der Waals surface area contributed by atoms with Crippen LogP contribution in [0.4, 0.5) is 18.9 Å². The van der Waals surface area contributed by atoms with E-state index in [-0.39, 0.29) is 22.9 Å². The maximum Gasteiger partial charge on any atom is 0.416 e. The molecule has 0 heterocycles. The number of aliphatic hydroxyl groups is 1. The Morgan fingerprint density at radius 2 is 2.05 bits per heavy atom. The standard InChI is InChI=1S/C15H13F3N2O2/c1-8-2-5-10(6-12(8)15(16,17)18)20-14(22)11(7-19)13(21)9-3-4-9/h2,5-6,9,21H,3-4H2,1H3,(H,20,22)/b13-11-. The number of nitrogens with one attached hydrogen (secondary N) is 1. The molecule has 116 valence electrons. The van der Waals surface area contributed by atoms with Crippen molar-refractivity contribution >= 4 is 11.6 Å². The smallest absolute Gasteiger partial charge is 0.416 e. The van der Waals surface area contributed by atoms with Crippen molar-refractivity contribution in [2.45, 2.75) is 25.9 Å². The molecule has 1 aromatic rings. The van der Waals surface area contributed by atoms with Crippen LogP contribution in [0.3, 0.4) is 0 Å². The van der Waals surface area contributed by atoms with E-state index in [0.717, 1.165) is 6.07 Å². The summed E-state index contributed by atoms with van der Waals surface area (Å²) in [5.74, 6) is -1.42. The molecule has 0 atom stereocenters. The van der Waals surface area contributed by atoms with Gasteiger partial charge in [0.2, 0.25) is 0 Å². The Bertz CT molecular complexity index is 683. The molecule has 4 nitrogen and oxygen atoms in total. The number of hydrogen-bond acceptors (Lipinski definition) is 3. The SMILES string of the molecule is Cc1ccc(NC(=O)/C(C#N)=C(\O)C2CC2)cc1C(F)(F)F. The molecule has 1 aliphatic rings. The molecule has 22 heavy (non-hydrogen) atoms. The summed E-state index contributed by atoms with van der Waals surface area (Å²) in [6, 6.07) is 4.94. The first kappa shape index (κ1) is 15.9. The first-order valence-electron chi connectivity index (χ1n) is 6.56. The van der Waals surface area contributed by atoms with E-state index in [9.17, 15) is 23.1 Å². The number of carbonyl (C=O) groups is 1. The molecule has 0 spiro atoms. The number of amides is 1. The third-order valence-corrected chi connectivity index (χ3v) is 3.36. The molecule has 0 radical (unpaired) electrons. The number of hydrogen-bond donors (Lipinski definition) is 2. The highest BCUT2D eigenvalue weighted by Crippen LogP contribution is 2.37. The second-order valence-electron chi connectivity index (χ2n) is 5.13. The van der Waals surface area contributed by atoms with Crippen LogP contribution < -0.4 is 5.32 Å². The van der Waals surface area contributed by atoms with Crippen LogP contribution in [0.25, 0.3) is 0 Å². The number of aliphatic hydroxyl groups excluding tert-OH is 1. The first-order chi connectivity index (χ1) is 10.2. The van der Waals surface area contributed by atoms with Gasteiger partial charge in [-0.3, -0.25) is 4.79 Å². The largest absolute Gasteiger partial charge is 0.510 e. The summed E-state index contributed by atoms with van der Waals surface area (Å²) in [5, 5.41) is 20.9. The summed E-state index contributed by atoms with van der Waals surface area (Å²) in [4.78, 5) is 11.9. The Morgan fingerprint density at radius 1 is 1.41 bits per heavy atom. The van der Waals surface area contributed by atoms with E-state index in [4.69, 9.17) is 5.26 Å². The Morgan fingerprint density at radius 3 is 2.55 bits per heavy atom. The van der Waals surface area contributed by atoms with Crippen LogP contribution in [-0.4, -0.2) is 11.0 Å². The molecule has 1 aromatic carbocycles. The lowest BCUT2D eigenvalue weighted by Gasteiger charge is -2.13. The maximum atomic E-state index is 12.8. The van der Waals surface area contributed by atoms with Gasteiger partial charge in [-0.1, -0.05) is 6.07 Å². The summed E-state index contributed by atoms with van der Waals surface area (Å²) in [7, 11) is 0. The van der Waals surface area contributed by atoms with Crippen molar-refractivity contribution < 1.29 is 23.1 Å². The van der Waals surface area contributed by atoms with E-state index in [1.54, 1.807) is 6.07 Å². The highest BCUT2D eigenvalue weighted by atomic mass is 19.4. The van der Waals surface area contributed by atoms with Gasteiger partial charge >= 0.3 is 6.18 Å². The molecule has 0 bridgehead atoms. The van der Waals surface area contributed by atoms with Crippen LogP contribution in [0.15, 0.2) is 29.5 Å². The van der Waals surface area contributed by atoms with Crippen molar-refractivity contribution in [3.8, 4) is 6.07 Å². The van der Waals surface area contributed by atoms with Gasteiger partial charge in [0, 0.05) is 11.6 Å². The summed E-state index contributed by atoms with van der Waals surface area (Å²) >= 11 is 0. The van der Waals surface area contributed by atoms with Crippen molar-refractivity contribution in [1.82, 2.24) is 0 Å². The van der Waals surface area contributed by atoms with Gasteiger partial charge in [-0.25, -0.2) is 0 Å². The number of carbonyl (C=O) groups excluding carboxylic acids is 1. The van der Waals surface area contributed by atoms with E-state index in [2.05, 4.69) is 5.32 Å². The lowest BCUT2D eigenvalue weighted by atomic mass is 10.1. The molecule has 0 saturated heterocycles. The number of nitrogens with zero attached hydrogens (tertiary/aromatic N) is 1. The molecular formula is C15H13F3N2O2.